The minimum absolute atomic E-state index is 0.0139. The number of carbonyl (C=O) groups excluding carboxylic acids is 1. The van der Waals surface area contributed by atoms with Gasteiger partial charge in [-0.05, 0) is 30.7 Å². The highest BCUT2D eigenvalue weighted by Crippen LogP contribution is 2.21. The molecule has 0 aliphatic carbocycles. The van der Waals surface area contributed by atoms with E-state index in [9.17, 15) is 14.9 Å². The molecule has 0 aliphatic rings. The summed E-state index contributed by atoms with van der Waals surface area (Å²) in [5.41, 5.74) is 0.854. The summed E-state index contributed by atoms with van der Waals surface area (Å²) in [7, 11) is 0. The standard InChI is InChI=1S/C15H16ClN3O3S/c16-14-8-7-13(23-14)10-18-15(20)2-1-9-17-11-3-5-12(6-4-11)19(21)22/h3-8,17H,1-2,9-10H2,(H,18,20). The Kier molecular flexibility index (Phi) is 6.37. The fourth-order valence-corrected chi connectivity index (χ4v) is 2.93. The average Bonchev–Trinajstić information content (AvgIpc) is 2.95. The Labute approximate surface area is 142 Å². The molecule has 1 aromatic carbocycles. The van der Waals surface area contributed by atoms with Gasteiger partial charge in [0.25, 0.3) is 5.69 Å². The number of carbonyl (C=O) groups is 1. The molecule has 0 saturated carbocycles. The van der Waals surface area contributed by atoms with Gasteiger partial charge in [-0.3, -0.25) is 14.9 Å². The highest BCUT2D eigenvalue weighted by Gasteiger charge is 2.05. The predicted molar refractivity (Wildman–Crippen MR) is 92.0 cm³/mol. The van der Waals surface area contributed by atoms with Crippen LogP contribution in [0, 0.1) is 10.1 Å². The van der Waals surface area contributed by atoms with E-state index in [4.69, 9.17) is 11.6 Å². The summed E-state index contributed by atoms with van der Waals surface area (Å²) in [5.74, 6) is -0.0139. The van der Waals surface area contributed by atoms with Gasteiger partial charge < -0.3 is 10.6 Å². The molecule has 1 heterocycles. The quantitative estimate of drug-likeness (QED) is 0.429. The van der Waals surface area contributed by atoms with Crippen molar-refractivity contribution in [2.45, 2.75) is 19.4 Å². The Bertz CT molecular complexity index is 673. The van der Waals surface area contributed by atoms with Crippen LogP contribution in [0.3, 0.4) is 0 Å². The molecular weight excluding hydrogens is 338 g/mol. The highest BCUT2D eigenvalue weighted by molar-refractivity contribution is 7.16. The summed E-state index contributed by atoms with van der Waals surface area (Å²) >= 11 is 7.27. The van der Waals surface area contributed by atoms with Gasteiger partial charge in [0.05, 0.1) is 15.8 Å². The van der Waals surface area contributed by atoms with Gasteiger partial charge in [-0.1, -0.05) is 11.6 Å². The summed E-state index contributed by atoms with van der Waals surface area (Å²) in [6.07, 6.45) is 1.09. The van der Waals surface area contributed by atoms with E-state index in [0.717, 1.165) is 10.6 Å². The average molecular weight is 354 g/mol. The normalized spacial score (nSPS) is 10.3. The molecule has 6 nitrogen and oxygen atoms in total. The van der Waals surface area contributed by atoms with Crippen LogP contribution in [-0.2, 0) is 11.3 Å². The second-order valence-corrected chi connectivity index (χ2v) is 6.62. The fraction of sp³-hybridized carbons (Fsp3) is 0.267. The van der Waals surface area contributed by atoms with E-state index < -0.39 is 4.92 Å². The first-order valence-corrected chi connectivity index (χ1v) is 8.23. The van der Waals surface area contributed by atoms with E-state index in [-0.39, 0.29) is 11.6 Å². The minimum atomic E-state index is -0.436. The molecule has 0 unspecified atom stereocenters. The van der Waals surface area contributed by atoms with Crippen LogP contribution < -0.4 is 10.6 Å². The lowest BCUT2D eigenvalue weighted by molar-refractivity contribution is -0.384. The van der Waals surface area contributed by atoms with Gasteiger partial charge in [0.15, 0.2) is 0 Å². The number of amides is 1. The van der Waals surface area contributed by atoms with E-state index in [1.165, 1.54) is 23.5 Å². The molecule has 2 N–H and O–H groups in total. The minimum Gasteiger partial charge on any atom is -0.385 e. The summed E-state index contributed by atoms with van der Waals surface area (Å²) < 4.78 is 0.710. The van der Waals surface area contributed by atoms with E-state index >= 15 is 0 Å². The Morgan fingerprint density at radius 1 is 1.22 bits per heavy atom. The molecular formula is C15H16ClN3O3S. The Morgan fingerprint density at radius 2 is 1.96 bits per heavy atom. The summed E-state index contributed by atoms with van der Waals surface area (Å²) in [5, 5.41) is 16.5. The number of nitro groups is 1. The van der Waals surface area contributed by atoms with Gasteiger partial charge in [-0.25, -0.2) is 0 Å². The maximum absolute atomic E-state index is 11.7. The van der Waals surface area contributed by atoms with Crippen molar-refractivity contribution in [1.29, 1.82) is 0 Å². The summed E-state index contributed by atoms with van der Waals surface area (Å²) in [6, 6.07) is 9.89. The number of nitrogens with one attached hydrogen (secondary N) is 2. The van der Waals surface area contributed by atoms with Crippen LogP contribution in [0.1, 0.15) is 17.7 Å². The number of nitrogens with zero attached hydrogens (tertiary/aromatic N) is 1. The van der Waals surface area contributed by atoms with Crippen molar-refractivity contribution < 1.29 is 9.72 Å². The number of rotatable bonds is 8. The van der Waals surface area contributed by atoms with Crippen molar-refractivity contribution in [1.82, 2.24) is 5.32 Å². The number of anilines is 1. The van der Waals surface area contributed by atoms with Crippen LogP contribution in [0.15, 0.2) is 36.4 Å². The van der Waals surface area contributed by atoms with E-state index in [1.807, 2.05) is 12.1 Å². The number of hydrogen-bond acceptors (Lipinski definition) is 5. The maximum atomic E-state index is 11.7. The fourth-order valence-electron chi connectivity index (χ4n) is 1.90. The lowest BCUT2D eigenvalue weighted by Crippen LogP contribution is -2.22. The lowest BCUT2D eigenvalue weighted by atomic mass is 10.2. The molecule has 0 fully saturated rings. The molecule has 0 spiro atoms. The Morgan fingerprint density at radius 3 is 2.57 bits per heavy atom. The number of halogens is 1. The molecule has 0 aliphatic heterocycles. The molecule has 2 aromatic rings. The number of thiophene rings is 1. The van der Waals surface area contributed by atoms with Crippen molar-refractivity contribution in [2.24, 2.45) is 0 Å². The molecule has 0 atom stereocenters. The summed E-state index contributed by atoms with van der Waals surface area (Å²) in [6.45, 7) is 1.11. The monoisotopic (exact) mass is 353 g/mol. The van der Waals surface area contributed by atoms with Crippen LogP contribution in [-0.4, -0.2) is 17.4 Å². The zero-order chi connectivity index (χ0) is 16.7. The molecule has 1 aromatic heterocycles. The first-order valence-electron chi connectivity index (χ1n) is 7.04. The van der Waals surface area contributed by atoms with Crippen molar-refractivity contribution in [2.75, 3.05) is 11.9 Å². The van der Waals surface area contributed by atoms with Gasteiger partial charge in [-0.15, -0.1) is 11.3 Å². The van der Waals surface area contributed by atoms with Gasteiger partial charge in [0, 0.05) is 35.7 Å². The molecule has 122 valence electrons. The first-order chi connectivity index (χ1) is 11.0. The Hall–Kier alpha value is -2.12. The SMILES string of the molecule is O=C(CCCNc1ccc([N+](=O)[O-])cc1)NCc1ccc(Cl)s1. The molecule has 1 amide bonds. The maximum Gasteiger partial charge on any atom is 0.269 e. The molecule has 23 heavy (non-hydrogen) atoms. The molecule has 0 radical (unpaired) electrons. The van der Waals surface area contributed by atoms with Crippen LogP contribution in [0.4, 0.5) is 11.4 Å². The third kappa shape index (κ3) is 5.88. The molecule has 0 bridgehead atoms. The number of benzene rings is 1. The van der Waals surface area contributed by atoms with Gasteiger partial charge in [0.1, 0.15) is 0 Å². The van der Waals surface area contributed by atoms with Gasteiger partial charge >= 0.3 is 0 Å². The van der Waals surface area contributed by atoms with E-state index in [2.05, 4.69) is 10.6 Å². The van der Waals surface area contributed by atoms with Crippen molar-refractivity contribution >= 4 is 40.2 Å². The number of non-ortho nitro benzene ring substituents is 1. The zero-order valence-electron chi connectivity index (χ0n) is 12.3. The van der Waals surface area contributed by atoms with Crippen LogP contribution in [0.25, 0.3) is 0 Å². The van der Waals surface area contributed by atoms with Crippen LogP contribution in [0.2, 0.25) is 4.34 Å². The van der Waals surface area contributed by atoms with Crippen LogP contribution in [0.5, 0.6) is 0 Å². The van der Waals surface area contributed by atoms with Gasteiger partial charge in [0.2, 0.25) is 5.91 Å². The van der Waals surface area contributed by atoms with Gasteiger partial charge in [-0.2, -0.15) is 0 Å². The van der Waals surface area contributed by atoms with Crippen molar-refractivity contribution in [3.05, 3.63) is 55.7 Å². The van der Waals surface area contributed by atoms with Crippen LogP contribution >= 0.6 is 22.9 Å². The first kappa shape index (κ1) is 17.2. The van der Waals surface area contributed by atoms with E-state index in [0.29, 0.717) is 30.3 Å². The topological polar surface area (TPSA) is 84.3 Å². The number of nitro benzene ring substituents is 1. The second kappa shape index (κ2) is 8.50. The zero-order valence-corrected chi connectivity index (χ0v) is 13.8. The van der Waals surface area contributed by atoms with Crippen molar-refractivity contribution in [3.63, 3.8) is 0 Å². The smallest absolute Gasteiger partial charge is 0.269 e. The third-order valence-electron chi connectivity index (χ3n) is 3.08. The molecule has 2 rings (SSSR count). The molecule has 0 saturated heterocycles. The summed E-state index contributed by atoms with van der Waals surface area (Å²) in [4.78, 5) is 22.8. The number of hydrogen-bond donors (Lipinski definition) is 2. The van der Waals surface area contributed by atoms with Crippen molar-refractivity contribution in [3.8, 4) is 0 Å². The molecule has 8 heteroatoms. The lowest BCUT2D eigenvalue weighted by Gasteiger charge is -2.06. The third-order valence-corrected chi connectivity index (χ3v) is 4.31. The second-order valence-electron chi connectivity index (χ2n) is 4.82. The largest absolute Gasteiger partial charge is 0.385 e. The predicted octanol–water partition coefficient (Wildman–Crippen LogP) is 3.82. The highest BCUT2D eigenvalue weighted by atomic mass is 35.5. The van der Waals surface area contributed by atoms with E-state index in [1.54, 1.807) is 12.1 Å². The Balaban J connectivity index is 1.62.